The van der Waals surface area contributed by atoms with Gasteiger partial charge >= 0.3 is 5.97 Å². The molecule has 3 unspecified atom stereocenters. The SMILES string of the molecule is CCC(C)n1ccc(CC2CCC(C(=O)O)N2)n1. The van der Waals surface area contributed by atoms with Crippen LogP contribution >= 0.6 is 0 Å². The highest BCUT2D eigenvalue weighted by molar-refractivity contribution is 5.73. The van der Waals surface area contributed by atoms with Gasteiger partial charge in [-0.25, -0.2) is 0 Å². The number of hydrogen-bond acceptors (Lipinski definition) is 3. The Morgan fingerprint density at radius 2 is 2.44 bits per heavy atom. The minimum atomic E-state index is -0.748. The number of hydrogen-bond donors (Lipinski definition) is 2. The lowest BCUT2D eigenvalue weighted by molar-refractivity contribution is -0.139. The second-order valence-electron chi connectivity index (χ2n) is 5.08. The van der Waals surface area contributed by atoms with Crippen LogP contribution in [0, 0.1) is 0 Å². The highest BCUT2D eigenvalue weighted by Crippen LogP contribution is 2.17. The lowest BCUT2D eigenvalue weighted by Crippen LogP contribution is -2.36. The molecule has 0 bridgehead atoms. The first-order valence-electron chi connectivity index (χ1n) is 6.63. The number of carboxylic acid groups (broad SMARTS) is 1. The van der Waals surface area contributed by atoms with E-state index >= 15 is 0 Å². The third-order valence-electron chi connectivity index (χ3n) is 3.70. The first kappa shape index (κ1) is 13.1. The van der Waals surface area contributed by atoms with Crippen molar-refractivity contribution in [3.63, 3.8) is 0 Å². The maximum atomic E-state index is 10.8. The summed E-state index contributed by atoms with van der Waals surface area (Å²) in [6, 6.07) is 2.31. The number of nitrogens with zero attached hydrogens (tertiary/aromatic N) is 2. The topological polar surface area (TPSA) is 67.2 Å². The van der Waals surface area contributed by atoms with Crippen LogP contribution in [0.1, 0.15) is 44.8 Å². The molecule has 0 radical (unpaired) electrons. The fourth-order valence-corrected chi connectivity index (χ4v) is 2.35. The van der Waals surface area contributed by atoms with E-state index in [0.717, 1.165) is 25.0 Å². The van der Waals surface area contributed by atoms with Crippen molar-refractivity contribution < 1.29 is 9.90 Å². The molecule has 2 N–H and O–H groups in total. The van der Waals surface area contributed by atoms with Crippen molar-refractivity contribution >= 4 is 5.97 Å². The van der Waals surface area contributed by atoms with Crippen molar-refractivity contribution in [3.8, 4) is 0 Å². The summed E-state index contributed by atoms with van der Waals surface area (Å²) in [5.41, 5.74) is 1.04. The average Bonchev–Trinajstić information content (AvgIpc) is 2.98. The lowest BCUT2D eigenvalue weighted by atomic mass is 10.1. The standard InChI is InChI=1S/C13H21N3O2/c1-3-9(2)16-7-6-11(15-16)8-10-4-5-12(14-10)13(17)18/h6-7,9-10,12,14H,3-5,8H2,1-2H3,(H,17,18). The summed E-state index contributed by atoms with van der Waals surface area (Å²) < 4.78 is 1.99. The van der Waals surface area contributed by atoms with E-state index in [1.54, 1.807) is 0 Å². The van der Waals surface area contributed by atoms with E-state index in [0.29, 0.717) is 12.5 Å². The third kappa shape index (κ3) is 2.90. The summed E-state index contributed by atoms with van der Waals surface area (Å²) in [6.45, 7) is 4.28. The van der Waals surface area contributed by atoms with Gasteiger partial charge in [-0.05, 0) is 32.3 Å². The summed E-state index contributed by atoms with van der Waals surface area (Å²) in [4.78, 5) is 10.8. The molecule has 0 spiro atoms. The number of rotatable bonds is 5. The zero-order valence-corrected chi connectivity index (χ0v) is 11.0. The fraction of sp³-hybridized carbons (Fsp3) is 0.692. The van der Waals surface area contributed by atoms with Crippen LogP contribution in [-0.2, 0) is 11.2 Å². The summed E-state index contributed by atoms with van der Waals surface area (Å²) in [6.07, 6.45) is 5.50. The first-order valence-corrected chi connectivity index (χ1v) is 6.63. The van der Waals surface area contributed by atoms with E-state index in [1.165, 1.54) is 0 Å². The highest BCUT2D eigenvalue weighted by atomic mass is 16.4. The fourth-order valence-electron chi connectivity index (χ4n) is 2.35. The molecule has 0 amide bonds. The molecular formula is C13H21N3O2. The molecule has 2 heterocycles. The van der Waals surface area contributed by atoms with Crippen LogP contribution in [0.3, 0.4) is 0 Å². The molecule has 1 aromatic heterocycles. The van der Waals surface area contributed by atoms with Crippen molar-refractivity contribution in [1.82, 2.24) is 15.1 Å². The molecule has 1 aliphatic heterocycles. The molecule has 100 valence electrons. The van der Waals surface area contributed by atoms with Crippen molar-refractivity contribution in [1.29, 1.82) is 0 Å². The number of aromatic nitrogens is 2. The maximum absolute atomic E-state index is 10.8. The maximum Gasteiger partial charge on any atom is 0.320 e. The molecular weight excluding hydrogens is 230 g/mol. The van der Waals surface area contributed by atoms with Crippen LogP contribution in [-0.4, -0.2) is 32.9 Å². The molecule has 5 nitrogen and oxygen atoms in total. The van der Waals surface area contributed by atoms with Crippen molar-refractivity contribution in [2.75, 3.05) is 0 Å². The summed E-state index contributed by atoms with van der Waals surface area (Å²) >= 11 is 0. The van der Waals surface area contributed by atoms with Crippen LogP contribution in [0.4, 0.5) is 0 Å². The van der Waals surface area contributed by atoms with Crippen molar-refractivity contribution in [2.45, 2.75) is 57.7 Å². The Bertz CT molecular complexity index is 416. The molecule has 1 aromatic rings. The molecule has 0 aliphatic carbocycles. The van der Waals surface area contributed by atoms with Crippen LogP contribution in [0.25, 0.3) is 0 Å². The van der Waals surface area contributed by atoms with Gasteiger partial charge in [-0.2, -0.15) is 5.10 Å². The van der Waals surface area contributed by atoms with Crippen LogP contribution in [0.15, 0.2) is 12.3 Å². The second-order valence-corrected chi connectivity index (χ2v) is 5.08. The van der Waals surface area contributed by atoms with Gasteiger partial charge in [-0.3, -0.25) is 9.48 Å². The normalized spacial score (nSPS) is 25.2. The van der Waals surface area contributed by atoms with E-state index in [4.69, 9.17) is 5.11 Å². The number of nitrogens with one attached hydrogen (secondary N) is 1. The van der Waals surface area contributed by atoms with E-state index in [1.807, 2.05) is 16.9 Å². The van der Waals surface area contributed by atoms with Gasteiger partial charge in [0.25, 0.3) is 0 Å². The predicted molar refractivity (Wildman–Crippen MR) is 68.5 cm³/mol. The quantitative estimate of drug-likeness (QED) is 0.834. The molecule has 2 rings (SSSR count). The minimum absolute atomic E-state index is 0.242. The molecule has 3 atom stereocenters. The number of carbonyl (C=O) groups is 1. The molecule has 0 saturated carbocycles. The Kier molecular flexibility index (Phi) is 4.01. The minimum Gasteiger partial charge on any atom is -0.480 e. The molecule has 18 heavy (non-hydrogen) atoms. The monoisotopic (exact) mass is 251 g/mol. The van der Waals surface area contributed by atoms with E-state index < -0.39 is 5.97 Å². The van der Waals surface area contributed by atoms with Gasteiger partial charge in [0.1, 0.15) is 6.04 Å². The average molecular weight is 251 g/mol. The summed E-state index contributed by atoms with van der Waals surface area (Å²) in [7, 11) is 0. The molecule has 5 heteroatoms. The van der Waals surface area contributed by atoms with Gasteiger partial charge in [0.05, 0.1) is 5.69 Å². The largest absolute Gasteiger partial charge is 0.480 e. The third-order valence-corrected chi connectivity index (χ3v) is 3.70. The Morgan fingerprint density at radius 3 is 3.06 bits per heavy atom. The van der Waals surface area contributed by atoms with Crippen LogP contribution in [0.5, 0.6) is 0 Å². The number of aliphatic carboxylic acids is 1. The smallest absolute Gasteiger partial charge is 0.320 e. The molecule has 1 aliphatic rings. The van der Waals surface area contributed by atoms with E-state index in [9.17, 15) is 4.79 Å². The molecule has 1 fully saturated rings. The van der Waals surface area contributed by atoms with Gasteiger partial charge in [0.2, 0.25) is 0 Å². The van der Waals surface area contributed by atoms with Gasteiger partial charge in [-0.1, -0.05) is 6.92 Å². The Hall–Kier alpha value is -1.36. The van der Waals surface area contributed by atoms with E-state index in [-0.39, 0.29) is 12.1 Å². The second kappa shape index (κ2) is 5.52. The lowest BCUT2D eigenvalue weighted by Gasteiger charge is -2.11. The van der Waals surface area contributed by atoms with Gasteiger partial charge in [0.15, 0.2) is 0 Å². The Morgan fingerprint density at radius 1 is 1.67 bits per heavy atom. The van der Waals surface area contributed by atoms with E-state index in [2.05, 4.69) is 24.3 Å². The summed E-state index contributed by atoms with van der Waals surface area (Å²) in [5, 5.41) is 16.6. The van der Waals surface area contributed by atoms with Gasteiger partial charge < -0.3 is 10.4 Å². The van der Waals surface area contributed by atoms with Crippen LogP contribution in [0.2, 0.25) is 0 Å². The predicted octanol–water partition coefficient (Wildman–Crippen LogP) is 1.60. The zero-order chi connectivity index (χ0) is 13.1. The number of carboxylic acids is 1. The van der Waals surface area contributed by atoms with Gasteiger partial charge in [-0.15, -0.1) is 0 Å². The molecule has 1 saturated heterocycles. The first-order chi connectivity index (χ1) is 8.60. The van der Waals surface area contributed by atoms with Crippen LogP contribution < -0.4 is 5.32 Å². The summed E-state index contributed by atoms with van der Waals surface area (Å²) in [5.74, 6) is -0.748. The zero-order valence-electron chi connectivity index (χ0n) is 11.0. The van der Waals surface area contributed by atoms with Crippen molar-refractivity contribution in [3.05, 3.63) is 18.0 Å². The Labute approximate surface area is 107 Å². The Balaban J connectivity index is 1.91. The van der Waals surface area contributed by atoms with Gasteiger partial charge in [0, 0.05) is 24.7 Å². The van der Waals surface area contributed by atoms with Crippen molar-refractivity contribution in [2.24, 2.45) is 0 Å². The molecule has 0 aromatic carbocycles. The highest BCUT2D eigenvalue weighted by Gasteiger charge is 2.29.